The molecule has 0 saturated heterocycles. The second-order valence-electron chi connectivity index (χ2n) is 3.73. The van der Waals surface area contributed by atoms with Gasteiger partial charge in [-0.05, 0) is 36.4 Å². The molecule has 0 aliphatic carbocycles. The lowest BCUT2D eigenvalue weighted by molar-refractivity contribution is 0.441. The summed E-state index contributed by atoms with van der Waals surface area (Å²) in [5.74, 6) is -0.395. The lowest BCUT2D eigenvalue weighted by atomic mass is 10.2. The summed E-state index contributed by atoms with van der Waals surface area (Å²) in [4.78, 5) is 0. The lowest BCUT2D eigenvalue weighted by Gasteiger charge is -2.11. The number of nitrogen functional groups attached to an aromatic ring is 1. The van der Waals surface area contributed by atoms with Crippen LogP contribution in [0, 0.1) is 11.2 Å². The summed E-state index contributed by atoms with van der Waals surface area (Å²) >= 11 is 9.07. The first-order valence-electron chi connectivity index (χ1n) is 5.24. The van der Waals surface area contributed by atoms with E-state index in [9.17, 15) is 4.39 Å². The number of rotatable bonds is 3. The molecule has 0 amide bonds. The topological polar surface area (TPSA) is 59.1 Å². The second-order valence-corrected chi connectivity index (χ2v) is 5.08. The average Bonchev–Trinajstić information content (AvgIpc) is 2.35. The minimum absolute atomic E-state index is 0.0409. The van der Waals surface area contributed by atoms with Gasteiger partial charge in [-0.2, -0.15) is 0 Å². The average molecular weight is 344 g/mol. The maximum absolute atomic E-state index is 13.6. The molecule has 2 rings (SSSR count). The molecule has 3 nitrogen and oxygen atoms in total. The van der Waals surface area contributed by atoms with Crippen molar-refractivity contribution in [1.29, 1.82) is 5.41 Å². The molecule has 0 spiro atoms. The van der Waals surface area contributed by atoms with Gasteiger partial charge in [-0.3, -0.25) is 5.41 Å². The highest BCUT2D eigenvalue weighted by atomic mass is 79.9. The van der Waals surface area contributed by atoms with Crippen LogP contribution < -0.4 is 10.5 Å². The number of ether oxygens (including phenoxy) is 1. The van der Waals surface area contributed by atoms with E-state index in [0.29, 0.717) is 15.1 Å². The van der Waals surface area contributed by atoms with Gasteiger partial charge in [0.05, 0.1) is 5.56 Å². The van der Waals surface area contributed by atoms with E-state index in [1.807, 2.05) is 0 Å². The molecule has 0 bridgehead atoms. The summed E-state index contributed by atoms with van der Waals surface area (Å²) in [5, 5.41) is 7.89. The summed E-state index contributed by atoms with van der Waals surface area (Å²) in [6, 6.07) is 8.96. The Morgan fingerprint density at radius 2 is 1.95 bits per heavy atom. The van der Waals surface area contributed by atoms with Gasteiger partial charge < -0.3 is 10.5 Å². The van der Waals surface area contributed by atoms with Gasteiger partial charge >= 0.3 is 0 Å². The normalized spacial score (nSPS) is 10.3. The van der Waals surface area contributed by atoms with Crippen molar-refractivity contribution in [1.82, 2.24) is 0 Å². The zero-order valence-corrected chi connectivity index (χ0v) is 11.9. The predicted molar refractivity (Wildman–Crippen MR) is 76.6 cm³/mol. The van der Waals surface area contributed by atoms with Crippen molar-refractivity contribution in [3.05, 3.63) is 57.3 Å². The van der Waals surface area contributed by atoms with Crippen molar-refractivity contribution in [3.8, 4) is 11.5 Å². The van der Waals surface area contributed by atoms with Gasteiger partial charge in [0, 0.05) is 9.50 Å². The molecule has 0 aliphatic heterocycles. The number of amidine groups is 1. The van der Waals surface area contributed by atoms with Crippen molar-refractivity contribution in [2.45, 2.75) is 0 Å². The standard InChI is InChI=1S/C13H9BrClFN2O/c14-7-1-3-10(16)12(5-7)19-11-4-2-8(15)6-9(11)13(17)18/h1-6H,(H3,17,18). The molecule has 0 aromatic heterocycles. The SMILES string of the molecule is N=C(N)c1cc(Cl)ccc1Oc1cc(Br)ccc1F. The third kappa shape index (κ3) is 3.24. The molecule has 98 valence electrons. The molecule has 0 atom stereocenters. The highest BCUT2D eigenvalue weighted by molar-refractivity contribution is 9.10. The first-order chi connectivity index (χ1) is 8.97. The second kappa shape index (κ2) is 5.59. The summed E-state index contributed by atoms with van der Waals surface area (Å²) in [6.45, 7) is 0. The van der Waals surface area contributed by atoms with Gasteiger partial charge in [-0.15, -0.1) is 0 Å². The van der Waals surface area contributed by atoms with E-state index < -0.39 is 5.82 Å². The first-order valence-corrected chi connectivity index (χ1v) is 6.41. The largest absolute Gasteiger partial charge is 0.453 e. The zero-order valence-electron chi connectivity index (χ0n) is 9.58. The molecule has 0 unspecified atom stereocenters. The van der Waals surface area contributed by atoms with Crippen LogP contribution in [0.5, 0.6) is 11.5 Å². The van der Waals surface area contributed by atoms with Gasteiger partial charge in [0.15, 0.2) is 11.6 Å². The van der Waals surface area contributed by atoms with Crippen molar-refractivity contribution >= 4 is 33.4 Å². The maximum Gasteiger partial charge on any atom is 0.165 e. The van der Waals surface area contributed by atoms with Gasteiger partial charge in [0.25, 0.3) is 0 Å². The Hall–Kier alpha value is -1.59. The van der Waals surface area contributed by atoms with Crippen molar-refractivity contribution in [2.75, 3.05) is 0 Å². The first kappa shape index (κ1) is 13.8. The van der Waals surface area contributed by atoms with Crippen molar-refractivity contribution in [2.24, 2.45) is 5.73 Å². The number of hydrogen-bond donors (Lipinski definition) is 2. The fourth-order valence-electron chi connectivity index (χ4n) is 1.48. The number of halogens is 3. The Morgan fingerprint density at radius 1 is 1.21 bits per heavy atom. The van der Waals surface area contributed by atoms with Crippen molar-refractivity contribution in [3.63, 3.8) is 0 Å². The molecule has 0 radical (unpaired) electrons. The van der Waals surface area contributed by atoms with E-state index in [-0.39, 0.29) is 17.3 Å². The zero-order chi connectivity index (χ0) is 14.0. The summed E-state index contributed by atoms with van der Waals surface area (Å²) in [5.41, 5.74) is 5.76. The Bertz CT molecular complexity index is 649. The molecule has 0 fully saturated rings. The molecule has 0 heterocycles. The monoisotopic (exact) mass is 342 g/mol. The van der Waals surface area contributed by atoms with Crippen LogP contribution in [0.3, 0.4) is 0 Å². The van der Waals surface area contributed by atoms with Crippen molar-refractivity contribution < 1.29 is 9.13 Å². The summed E-state index contributed by atoms with van der Waals surface area (Å²) in [6.07, 6.45) is 0. The molecular weight excluding hydrogens is 335 g/mol. The fourth-order valence-corrected chi connectivity index (χ4v) is 1.99. The maximum atomic E-state index is 13.6. The summed E-state index contributed by atoms with van der Waals surface area (Å²) in [7, 11) is 0. The van der Waals surface area contributed by atoms with Crippen LogP contribution >= 0.6 is 27.5 Å². The van der Waals surface area contributed by atoms with Gasteiger partial charge in [0.1, 0.15) is 11.6 Å². The van der Waals surface area contributed by atoms with Gasteiger partial charge in [-0.25, -0.2) is 4.39 Å². The predicted octanol–water partition coefficient (Wildman–Crippen LogP) is 4.32. The van der Waals surface area contributed by atoms with E-state index in [0.717, 1.165) is 0 Å². The number of hydrogen-bond acceptors (Lipinski definition) is 2. The smallest absolute Gasteiger partial charge is 0.165 e. The lowest BCUT2D eigenvalue weighted by Crippen LogP contribution is -2.12. The Morgan fingerprint density at radius 3 is 2.63 bits per heavy atom. The van der Waals surface area contributed by atoms with Gasteiger partial charge in [0.2, 0.25) is 0 Å². The fraction of sp³-hybridized carbons (Fsp3) is 0. The van der Waals surface area contributed by atoms with Crippen LogP contribution in [-0.2, 0) is 0 Å². The van der Waals surface area contributed by atoms with Gasteiger partial charge in [-0.1, -0.05) is 27.5 Å². The minimum Gasteiger partial charge on any atom is -0.453 e. The number of nitrogens with one attached hydrogen (secondary N) is 1. The molecule has 3 N–H and O–H groups in total. The molecular formula is C13H9BrClFN2O. The Kier molecular flexibility index (Phi) is 4.07. The molecule has 19 heavy (non-hydrogen) atoms. The van der Waals surface area contributed by atoms with Crippen LogP contribution in [0.4, 0.5) is 4.39 Å². The molecule has 0 saturated carbocycles. The molecule has 2 aromatic carbocycles. The number of nitrogens with two attached hydrogens (primary N) is 1. The molecule has 2 aromatic rings. The summed E-state index contributed by atoms with van der Waals surface area (Å²) < 4.78 is 19.7. The Balaban J connectivity index is 2.43. The van der Waals surface area contributed by atoms with Crippen LogP contribution in [-0.4, -0.2) is 5.84 Å². The molecule has 6 heteroatoms. The van der Waals surface area contributed by atoms with E-state index >= 15 is 0 Å². The van der Waals surface area contributed by atoms with Crippen LogP contribution in [0.1, 0.15) is 5.56 Å². The van der Waals surface area contributed by atoms with E-state index in [2.05, 4.69) is 15.9 Å². The van der Waals surface area contributed by atoms with E-state index in [1.54, 1.807) is 18.2 Å². The van der Waals surface area contributed by atoms with Crippen LogP contribution in [0.2, 0.25) is 5.02 Å². The molecule has 0 aliphatic rings. The highest BCUT2D eigenvalue weighted by Crippen LogP contribution is 2.31. The Labute approximate surface area is 122 Å². The third-order valence-corrected chi connectivity index (χ3v) is 3.07. The van der Waals surface area contributed by atoms with E-state index in [1.165, 1.54) is 18.2 Å². The minimum atomic E-state index is -0.507. The highest BCUT2D eigenvalue weighted by Gasteiger charge is 2.11. The quantitative estimate of drug-likeness (QED) is 0.644. The van der Waals surface area contributed by atoms with Crippen LogP contribution in [0.25, 0.3) is 0 Å². The van der Waals surface area contributed by atoms with E-state index in [4.69, 9.17) is 27.5 Å². The van der Waals surface area contributed by atoms with Crippen LogP contribution in [0.15, 0.2) is 40.9 Å². The third-order valence-electron chi connectivity index (χ3n) is 2.34. The number of benzene rings is 2.